The molecular weight excluding hydrogens is 697 g/mol. The highest BCUT2D eigenvalue weighted by Crippen LogP contribution is 2.61. The van der Waals surface area contributed by atoms with E-state index < -0.39 is 24.2 Å². The monoisotopic (exact) mass is 756 g/mol. The van der Waals surface area contributed by atoms with E-state index in [1.54, 1.807) is 24.1 Å². The second kappa shape index (κ2) is 18.2. The summed E-state index contributed by atoms with van der Waals surface area (Å²) in [6.07, 6.45) is 6.29. The molecule has 1 aliphatic heterocycles. The molecule has 4 N–H and O–H groups in total. The number of aliphatic hydroxyl groups is 2. The molecule has 2 aromatic carbocycles. The van der Waals surface area contributed by atoms with Crippen LogP contribution in [0.3, 0.4) is 0 Å². The highest BCUT2D eigenvalue weighted by Gasteiger charge is 2.57. The number of rotatable bonds is 17. The molecule has 4 aliphatic rings. The molecule has 11 heteroatoms. The maximum atomic E-state index is 14.2. The number of fused-ring (bicyclic) bond motifs is 2. The lowest BCUT2D eigenvalue weighted by Gasteiger charge is -2.62. The van der Waals surface area contributed by atoms with Crippen molar-refractivity contribution in [1.82, 2.24) is 20.6 Å². The summed E-state index contributed by atoms with van der Waals surface area (Å²) in [5.41, 5.74) is 3.33. The Morgan fingerprint density at radius 2 is 1.85 bits per heavy atom. The van der Waals surface area contributed by atoms with Crippen LogP contribution in [0.25, 0.3) is 5.57 Å². The minimum atomic E-state index is -0.938. The van der Waals surface area contributed by atoms with E-state index in [0.717, 1.165) is 12.0 Å². The van der Waals surface area contributed by atoms with Crippen molar-refractivity contribution in [2.75, 3.05) is 34.4 Å². The highest BCUT2D eigenvalue weighted by molar-refractivity contribution is 5.94. The van der Waals surface area contributed by atoms with Gasteiger partial charge in [0.2, 0.25) is 11.8 Å². The summed E-state index contributed by atoms with van der Waals surface area (Å²) in [6.45, 7) is 12.7. The summed E-state index contributed by atoms with van der Waals surface area (Å²) in [5, 5.41) is 29.2. The van der Waals surface area contributed by atoms with E-state index in [1.165, 1.54) is 19.6 Å². The first kappa shape index (κ1) is 42.0. The summed E-state index contributed by atoms with van der Waals surface area (Å²) in [5.74, 6) is 0.597. The van der Waals surface area contributed by atoms with Gasteiger partial charge in [-0.25, -0.2) is 0 Å². The number of methoxy groups -OCH3 is 1. The molecule has 3 aliphatic carbocycles. The molecule has 3 saturated carbocycles. The Kier molecular flexibility index (Phi) is 13.9. The Morgan fingerprint density at radius 3 is 2.45 bits per heavy atom. The first-order chi connectivity index (χ1) is 26.2. The fourth-order valence-electron chi connectivity index (χ4n) is 9.19. The molecule has 1 saturated heterocycles. The van der Waals surface area contributed by atoms with Crippen LogP contribution < -0.4 is 15.4 Å². The molecule has 298 valence electrons. The van der Waals surface area contributed by atoms with E-state index in [4.69, 9.17) is 9.57 Å². The molecule has 2 amide bonds. The molecule has 2 aromatic rings. The lowest BCUT2D eigenvalue weighted by molar-refractivity contribution is -0.183. The van der Waals surface area contributed by atoms with Gasteiger partial charge in [-0.2, -0.15) is 5.06 Å². The number of allylic oxidation sites excluding steroid dienone is 4. The van der Waals surface area contributed by atoms with Gasteiger partial charge < -0.3 is 30.5 Å². The normalized spacial score (nSPS) is 27.3. The largest absolute Gasteiger partial charge is 0.496 e. The quantitative estimate of drug-likeness (QED) is 0.106. The number of hydrogen-bond donors (Lipinski definition) is 4. The van der Waals surface area contributed by atoms with E-state index in [1.807, 2.05) is 67.5 Å². The Labute approximate surface area is 326 Å². The number of hydrogen-bond acceptors (Lipinski definition) is 9. The SMILES string of the molecule is C=C(C=O)/C=C(\C=C\C(=O)N[C@@H](Cc1ccccc1)CN(C)C)c1cccc(CN2O[C@@H](CO)[C@@H]([C@H](C)O)[C@H]2C(=O)N[C@H]2C[C@@H]3C[C@@H]([C@@H]2C)C3(C)C)c1OC. The van der Waals surface area contributed by atoms with Crippen LogP contribution in [0, 0.1) is 29.1 Å². The molecule has 11 nitrogen and oxygen atoms in total. The van der Waals surface area contributed by atoms with Crippen molar-refractivity contribution >= 4 is 23.7 Å². The third-order valence-electron chi connectivity index (χ3n) is 12.2. The topological polar surface area (TPSA) is 141 Å². The minimum absolute atomic E-state index is 0.00548. The molecule has 0 aromatic heterocycles. The zero-order valence-corrected chi connectivity index (χ0v) is 33.4. The third-order valence-corrected chi connectivity index (χ3v) is 12.2. The predicted molar refractivity (Wildman–Crippen MR) is 213 cm³/mol. The Morgan fingerprint density at radius 1 is 1.13 bits per heavy atom. The van der Waals surface area contributed by atoms with Crippen molar-refractivity contribution in [2.45, 2.75) is 83.8 Å². The van der Waals surface area contributed by atoms with E-state index in [0.29, 0.717) is 59.5 Å². The number of hydroxylamine groups is 2. The van der Waals surface area contributed by atoms with Gasteiger partial charge in [0.1, 0.15) is 24.2 Å². The number of aldehydes is 1. The van der Waals surface area contributed by atoms with Crippen LogP contribution in [0.5, 0.6) is 5.75 Å². The van der Waals surface area contributed by atoms with E-state index >= 15 is 0 Å². The van der Waals surface area contributed by atoms with Gasteiger partial charge in [-0.3, -0.25) is 19.2 Å². The Hall–Kier alpha value is -4.13. The molecule has 6 rings (SSSR count). The lowest BCUT2D eigenvalue weighted by Crippen LogP contribution is -2.62. The lowest BCUT2D eigenvalue weighted by atomic mass is 9.45. The standard InChI is InChI=1S/C44H60N4O7/c1-27(25-49)19-31(17-18-39(52)45-34(24-47(6)7)20-30-13-10-9-11-14-30)35-16-12-15-32(42(35)54-8)23-48-41(40(29(3)51)38(26-50)55-48)43(53)46-37-22-33-21-36(28(37)2)44(33,4)5/h9-19,25,28-29,33-34,36-38,40-41,50-51H,1,20-24,26H2,2-8H3,(H,45,52)(H,46,53)/b18-17+,31-19+/t28-,29-,33-,34-,36-,37-,38-,40+,41-/m0/s1. The number of para-hydroxylation sites is 1. The van der Waals surface area contributed by atoms with Gasteiger partial charge in [0, 0.05) is 47.3 Å². The first-order valence-corrected chi connectivity index (χ1v) is 19.4. The zero-order chi connectivity index (χ0) is 40.0. The average Bonchev–Trinajstić information content (AvgIpc) is 3.52. The highest BCUT2D eigenvalue weighted by atomic mass is 16.7. The van der Waals surface area contributed by atoms with Crippen molar-refractivity contribution in [3.8, 4) is 5.75 Å². The van der Waals surface area contributed by atoms with E-state index in [9.17, 15) is 24.6 Å². The zero-order valence-electron chi connectivity index (χ0n) is 33.4. The number of aliphatic hydroxyl groups excluding tert-OH is 2. The number of carbonyl (C=O) groups is 3. The van der Waals surface area contributed by atoms with Gasteiger partial charge in [-0.15, -0.1) is 0 Å². The van der Waals surface area contributed by atoms with Crippen LogP contribution in [0.4, 0.5) is 0 Å². The molecule has 0 unspecified atom stereocenters. The summed E-state index contributed by atoms with van der Waals surface area (Å²) in [7, 11) is 5.45. The van der Waals surface area contributed by atoms with Gasteiger partial charge >= 0.3 is 0 Å². The molecule has 2 bridgehead atoms. The summed E-state index contributed by atoms with van der Waals surface area (Å²) in [4.78, 5) is 47.6. The van der Waals surface area contributed by atoms with Crippen molar-refractivity contribution in [3.63, 3.8) is 0 Å². The van der Waals surface area contributed by atoms with Gasteiger partial charge in [-0.1, -0.05) is 75.9 Å². The number of nitrogens with zero attached hydrogens (tertiary/aromatic N) is 2. The predicted octanol–water partition coefficient (Wildman–Crippen LogP) is 4.34. The van der Waals surface area contributed by atoms with Gasteiger partial charge in [-0.05, 0) is 86.7 Å². The second-order valence-corrected chi connectivity index (χ2v) is 16.5. The van der Waals surface area contributed by atoms with Crippen LogP contribution in [-0.2, 0) is 32.2 Å². The fraction of sp³-hybridized carbons (Fsp3) is 0.523. The van der Waals surface area contributed by atoms with Crippen molar-refractivity contribution in [1.29, 1.82) is 0 Å². The van der Waals surface area contributed by atoms with E-state index in [2.05, 4.69) is 38.0 Å². The van der Waals surface area contributed by atoms with Crippen LogP contribution >= 0.6 is 0 Å². The molecule has 0 radical (unpaired) electrons. The van der Waals surface area contributed by atoms with Gasteiger partial charge in [0.25, 0.3) is 0 Å². The third kappa shape index (κ3) is 9.64. The van der Waals surface area contributed by atoms with Gasteiger partial charge in [0.15, 0.2) is 0 Å². The van der Waals surface area contributed by atoms with E-state index in [-0.39, 0.29) is 48.0 Å². The molecule has 4 fully saturated rings. The van der Waals surface area contributed by atoms with Crippen LogP contribution in [-0.4, -0.2) is 103 Å². The molecule has 1 heterocycles. The molecule has 0 spiro atoms. The first-order valence-electron chi connectivity index (χ1n) is 19.4. The van der Waals surface area contributed by atoms with Crippen molar-refractivity contribution < 1.29 is 34.2 Å². The maximum Gasteiger partial charge on any atom is 0.244 e. The Bertz CT molecular complexity index is 1740. The van der Waals surface area contributed by atoms with Crippen molar-refractivity contribution in [3.05, 3.63) is 95.6 Å². The summed E-state index contributed by atoms with van der Waals surface area (Å²) >= 11 is 0. The smallest absolute Gasteiger partial charge is 0.244 e. The summed E-state index contributed by atoms with van der Waals surface area (Å²) < 4.78 is 5.98. The molecule has 55 heavy (non-hydrogen) atoms. The fourth-order valence-corrected chi connectivity index (χ4v) is 9.19. The number of carbonyl (C=O) groups excluding carboxylic acids is 3. The molecule has 9 atom stereocenters. The van der Waals surface area contributed by atoms with Crippen LogP contribution in [0.2, 0.25) is 0 Å². The number of ether oxygens (including phenoxy) is 1. The molecular formula is C44H60N4O7. The van der Waals surface area contributed by atoms with Crippen LogP contribution in [0.15, 0.2) is 78.9 Å². The van der Waals surface area contributed by atoms with Crippen LogP contribution in [0.1, 0.15) is 57.2 Å². The number of amides is 2. The number of benzene rings is 2. The minimum Gasteiger partial charge on any atom is -0.496 e. The average molecular weight is 757 g/mol. The Balaban J connectivity index is 1.40. The number of likely N-dealkylation sites (N-methyl/N-ethyl adjacent to an activating group) is 1. The van der Waals surface area contributed by atoms with Crippen molar-refractivity contribution in [2.24, 2.45) is 29.1 Å². The van der Waals surface area contributed by atoms with Gasteiger partial charge in [0.05, 0.1) is 26.4 Å². The summed E-state index contributed by atoms with van der Waals surface area (Å²) in [6, 6.07) is 14.4. The second-order valence-electron chi connectivity index (χ2n) is 16.5. The maximum absolute atomic E-state index is 14.2. The number of nitrogens with one attached hydrogen (secondary N) is 2.